The molecule has 0 aliphatic heterocycles. The molecule has 1 unspecified atom stereocenters. The van der Waals surface area contributed by atoms with Gasteiger partial charge >= 0.3 is 0 Å². The van der Waals surface area contributed by atoms with E-state index < -0.39 is 0 Å². The van der Waals surface area contributed by atoms with Crippen molar-refractivity contribution in [2.45, 2.75) is 93.9 Å². The lowest BCUT2D eigenvalue weighted by Gasteiger charge is -2.35. The highest BCUT2D eigenvalue weighted by Gasteiger charge is 2.27. The Morgan fingerprint density at radius 1 is 1.12 bits per heavy atom. The van der Waals surface area contributed by atoms with Gasteiger partial charge in [-0.15, -0.1) is 0 Å². The molecule has 0 nitrogen and oxygen atoms in total. The molecule has 24 heavy (non-hydrogen) atoms. The summed E-state index contributed by atoms with van der Waals surface area (Å²) in [6, 6.07) is 0. The van der Waals surface area contributed by atoms with Crippen molar-refractivity contribution in [3.05, 3.63) is 36.0 Å². The van der Waals surface area contributed by atoms with E-state index in [9.17, 15) is 0 Å². The van der Waals surface area contributed by atoms with Crippen LogP contribution in [0.25, 0.3) is 0 Å². The lowest BCUT2D eigenvalue weighted by molar-refractivity contribution is 0.187. The van der Waals surface area contributed by atoms with E-state index in [4.69, 9.17) is 0 Å². The van der Waals surface area contributed by atoms with Crippen molar-refractivity contribution in [3.8, 4) is 0 Å². The molecule has 0 N–H and O–H groups in total. The molecule has 1 aliphatic rings. The molecule has 0 heteroatoms. The highest BCUT2D eigenvalue weighted by Crippen LogP contribution is 2.39. The van der Waals surface area contributed by atoms with Crippen molar-refractivity contribution in [2.24, 2.45) is 23.2 Å². The highest BCUT2D eigenvalue weighted by atomic mass is 14.3. The lowest BCUT2D eigenvalue weighted by atomic mass is 9.71. The van der Waals surface area contributed by atoms with Gasteiger partial charge in [0.2, 0.25) is 0 Å². The fraction of sp³-hybridized carbons (Fsp3) is 0.750. The first-order chi connectivity index (χ1) is 11.3. The lowest BCUT2D eigenvalue weighted by Crippen LogP contribution is -2.23. The summed E-state index contributed by atoms with van der Waals surface area (Å²) < 4.78 is 0. The molecular formula is C24H44. The second kappa shape index (κ2) is 11.7. The molecule has 0 radical (unpaired) electrons. The molecule has 0 aromatic carbocycles. The largest absolute Gasteiger partial charge is 0.0988 e. The predicted octanol–water partition coefficient (Wildman–Crippen LogP) is 8.36. The molecule has 0 aromatic heterocycles. The van der Waals surface area contributed by atoms with E-state index in [1.54, 1.807) is 0 Å². The summed E-state index contributed by atoms with van der Waals surface area (Å²) in [6.45, 7) is 22.0. The third-order valence-corrected chi connectivity index (χ3v) is 5.97. The molecule has 0 amide bonds. The average Bonchev–Trinajstić information content (AvgIpc) is 2.55. The molecule has 0 aromatic rings. The molecule has 1 fully saturated rings. The minimum Gasteiger partial charge on any atom is -0.0988 e. The van der Waals surface area contributed by atoms with Crippen LogP contribution in [-0.2, 0) is 0 Å². The van der Waals surface area contributed by atoms with Crippen LogP contribution in [0.4, 0.5) is 0 Å². The van der Waals surface area contributed by atoms with Gasteiger partial charge in [-0.25, -0.2) is 0 Å². The predicted molar refractivity (Wildman–Crippen MR) is 112 cm³/mol. The van der Waals surface area contributed by atoms with E-state index in [1.807, 2.05) is 19.9 Å². The van der Waals surface area contributed by atoms with E-state index in [0.29, 0.717) is 5.41 Å². The first-order valence-electron chi connectivity index (χ1n) is 10.3. The first kappa shape index (κ1) is 23.2. The Morgan fingerprint density at radius 3 is 2.17 bits per heavy atom. The van der Waals surface area contributed by atoms with Crippen LogP contribution in [0.15, 0.2) is 36.0 Å². The highest BCUT2D eigenvalue weighted by molar-refractivity contribution is 5.25. The SMILES string of the molecule is C=C/C(=C\C=C(/C)CC1CC(CC)C1)CC(C)(C)C(C)CC.CC. The fourth-order valence-corrected chi connectivity index (χ4v) is 3.60. The zero-order chi connectivity index (χ0) is 18.8. The Labute approximate surface area is 153 Å². The van der Waals surface area contributed by atoms with Crippen molar-refractivity contribution >= 4 is 0 Å². The van der Waals surface area contributed by atoms with Gasteiger partial charge in [-0.1, -0.05) is 91.7 Å². The van der Waals surface area contributed by atoms with Crippen LogP contribution >= 0.6 is 0 Å². The maximum atomic E-state index is 4.02. The smallest absolute Gasteiger partial charge is 0.0225 e. The number of rotatable bonds is 9. The second-order valence-electron chi connectivity index (χ2n) is 8.25. The van der Waals surface area contributed by atoms with Crippen LogP contribution in [-0.4, -0.2) is 0 Å². The second-order valence-corrected chi connectivity index (χ2v) is 8.25. The standard InChI is InChI=1S/C22H38.C2H6/c1-8-18(5)22(6,7)16-19(9-2)12-11-17(4)13-21-14-20(10-3)15-21;1-2/h9,11-12,18,20-21H,2,8,10,13-16H2,1,3-7H3;1-2H3/b17-11+,19-12+;. The Morgan fingerprint density at radius 2 is 1.71 bits per heavy atom. The molecule has 0 bridgehead atoms. The molecule has 1 aliphatic carbocycles. The van der Waals surface area contributed by atoms with Crippen molar-refractivity contribution in [1.29, 1.82) is 0 Å². The van der Waals surface area contributed by atoms with Crippen LogP contribution < -0.4 is 0 Å². The van der Waals surface area contributed by atoms with Crippen LogP contribution in [0.1, 0.15) is 93.9 Å². The summed E-state index contributed by atoms with van der Waals surface area (Å²) in [7, 11) is 0. The average molecular weight is 333 g/mol. The van der Waals surface area contributed by atoms with Gasteiger partial charge in [0.1, 0.15) is 0 Å². The maximum absolute atomic E-state index is 4.02. The fourth-order valence-electron chi connectivity index (χ4n) is 3.60. The van der Waals surface area contributed by atoms with E-state index >= 15 is 0 Å². The van der Waals surface area contributed by atoms with E-state index in [1.165, 1.54) is 43.3 Å². The molecule has 1 atom stereocenters. The van der Waals surface area contributed by atoms with Crippen molar-refractivity contribution in [2.75, 3.05) is 0 Å². The summed E-state index contributed by atoms with van der Waals surface area (Å²) >= 11 is 0. The Balaban J connectivity index is 0.00000254. The van der Waals surface area contributed by atoms with Gasteiger partial charge in [-0.05, 0) is 61.3 Å². The Bertz CT molecular complexity index is 402. The van der Waals surface area contributed by atoms with Crippen molar-refractivity contribution < 1.29 is 0 Å². The maximum Gasteiger partial charge on any atom is -0.0225 e. The number of hydrogen-bond acceptors (Lipinski definition) is 0. The minimum atomic E-state index is 0.346. The van der Waals surface area contributed by atoms with Crippen LogP contribution in [0, 0.1) is 23.2 Å². The number of allylic oxidation sites excluding steroid dienone is 5. The normalized spacial score (nSPS) is 23.0. The molecule has 0 heterocycles. The minimum absolute atomic E-state index is 0.346. The Kier molecular flexibility index (Phi) is 11.3. The van der Waals surface area contributed by atoms with E-state index in [2.05, 4.69) is 60.3 Å². The van der Waals surface area contributed by atoms with Crippen molar-refractivity contribution in [1.82, 2.24) is 0 Å². The summed E-state index contributed by atoms with van der Waals surface area (Å²) in [5.41, 5.74) is 3.25. The summed E-state index contributed by atoms with van der Waals surface area (Å²) in [5, 5.41) is 0. The summed E-state index contributed by atoms with van der Waals surface area (Å²) in [6.07, 6.45) is 14.6. The molecule has 0 saturated heterocycles. The van der Waals surface area contributed by atoms with E-state index in [0.717, 1.165) is 24.2 Å². The molecule has 1 rings (SSSR count). The van der Waals surface area contributed by atoms with Crippen molar-refractivity contribution in [3.63, 3.8) is 0 Å². The summed E-state index contributed by atoms with van der Waals surface area (Å²) in [5.74, 6) is 2.69. The van der Waals surface area contributed by atoms with Crippen LogP contribution in [0.3, 0.4) is 0 Å². The van der Waals surface area contributed by atoms with Crippen LogP contribution in [0.5, 0.6) is 0 Å². The Hall–Kier alpha value is -0.780. The molecular weight excluding hydrogens is 288 g/mol. The monoisotopic (exact) mass is 332 g/mol. The zero-order valence-corrected chi connectivity index (χ0v) is 17.9. The first-order valence-corrected chi connectivity index (χ1v) is 10.3. The number of hydrogen-bond donors (Lipinski definition) is 0. The van der Waals surface area contributed by atoms with Gasteiger partial charge in [0.25, 0.3) is 0 Å². The molecule has 0 spiro atoms. The molecule has 140 valence electrons. The quantitative estimate of drug-likeness (QED) is 0.372. The summed E-state index contributed by atoms with van der Waals surface area (Å²) in [4.78, 5) is 0. The molecule has 1 saturated carbocycles. The van der Waals surface area contributed by atoms with Gasteiger partial charge < -0.3 is 0 Å². The van der Waals surface area contributed by atoms with Gasteiger partial charge in [0, 0.05) is 0 Å². The third-order valence-electron chi connectivity index (χ3n) is 5.97. The topological polar surface area (TPSA) is 0 Å². The third kappa shape index (κ3) is 7.86. The van der Waals surface area contributed by atoms with Gasteiger partial charge in [0.05, 0.1) is 0 Å². The van der Waals surface area contributed by atoms with Crippen LogP contribution in [0.2, 0.25) is 0 Å². The van der Waals surface area contributed by atoms with Gasteiger partial charge in [0.15, 0.2) is 0 Å². The zero-order valence-electron chi connectivity index (χ0n) is 17.9. The van der Waals surface area contributed by atoms with Gasteiger partial charge in [-0.2, -0.15) is 0 Å². The van der Waals surface area contributed by atoms with Gasteiger partial charge in [-0.3, -0.25) is 0 Å². The van der Waals surface area contributed by atoms with E-state index in [-0.39, 0.29) is 0 Å².